The minimum Gasteiger partial charge on any atom is -0.467 e. The van der Waals surface area contributed by atoms with Crippen molar-refractivity contribution < 1.29 is 18.4 Å². The number of carbonyl (C=O) groups is 1. The summed E-state index contributed by atoms with van der Waals surface area (Å²) in [7, 11) is 1.66. The van der Waals surface area contributed by atoms with Crippen molar-refractivity contribution in [2.75, 3.05) is 44.7 Å². The highest BCUT2D eigenvalue weighted by Crippen LogP contribution is 2.25. The average Bonchev–Trinajstić information content (AvgIpc) is 3.69. The molecule has 0 unspecified atom stereocenters. The molecule has 0 bridgehead atoms. The van der Waals surface area contributed by atoms with Crippen LogP contribution in [0.3, 0.4) is 0 Å². The second kappa shape index (κ2) is 14.0. The lowest BCUT2D eigenvalue weighted by atomic mass is 10.2. The van der Waals surface area contributed by atoms with E-state index in [1.165, 1.54) is 17.3 Å². The Morgan fingerprint density at radius 2 is 1.90 bits per heavy atom. The molecule has 208 valence electrons. The first-order valence-electron chi connectivity index (χ1n) is 13.2. The second-order valence-corrected chi connectivity index (χ2v) is 10.3. The Bertz CT molecular complexity index is 1380. The van der Waals surface area contributed by atoms with Crippen molar-refractivity contribution in [3.05, 3.63) is 102 Å². The van der Waals surface area contributed by atoms with E-state index in [1.807, 2.05) is 12.1 Å². The number of furan rings is 2. The zero-order valence-corrected chi connectivity index (χ0v) is 23.3. The van der Waals surface area contributed by atoms with E-state index in [9.17, 15) is 4.79 Å². The van der Waals surface area contributed by atoms with Gasteiger partial charge in [-0.25, -0.2) is 9.97 Å². The normalized spacial score (nSPS) is 14.2. The molecule has 3 aromatic heterocycles. The van der Waals surface area contributed by atoms with Gasteiger partial charge in [-0.3, -0.25) is 9.69 Å². The summed E-state index contributed by atoms with van der Waals surface area (Å²) in [5, 5.41) is 3.44. The minimum atomic E-state index is -0.289. The Balaban J connectivity index is 1.15. The molecular formula is C30H33N5O4S. The quantitative estimate of drug-likeness (QED) is 0.193. The third-order valence-corrected chi connectivity index (χ3v) is 7.31. The number of carbonyl (C=O) groups excluding carboxylic acids is 1. The highest BCUT2D eigenvalue weighted by molar-refractivity contribution is 7.98. The van der Waals surface area contributed by atoms with Crippen LogP contribution in [-0.2, 0) is 23.6 Å². The van der Waals surface area contributed by atoms with Crippen LogP contribution >= 0.6 is 11.8 Å². The van der Waals surface area contributed by atoms with Crippen molar-refractivity contribution in [2.45, 2.75) is 24.1 Å². The Kier molecular flexibility index (Phi) is 9.68. The number of methoxy groups -OCH3 is 1. The van der Waals surface area contributed by atoms with Gasteiger partial charge in [0.15, 0.2) is 10.9 Å². The first kappa shape index (κ1) is 27.7. The van der Waals surface area contributed by atoms with Crippen molar-refractivity contribution in [2.24, 2.45) is 0 Å². The number of thioether (sulfide) groups is 1. The molecule has 0 saturated carbocycles. The van der Waals surface area contributed by atoms with E-state index in [1.54, 1.807) is 37.6 Å². The van der Waals surface area contributed by atoms with Crippen molar-refractivity contribution in [1.82, 2.24) is 20.2 Å². The fourth-order valence-electron chi connectivity index (χ4n) is 4.35. The van der Waals surface area contributed by atoms with E-state index in [-0.39, 0.29) is 11.7 Å². The van der Waals surface area contributed by atoms with Crippen LogP contribution in [0, 0.1) is 0 Å². The number of aromatic nitrogens is 2. The van der Waals surface area contributed by atoms with Crippen molar-refractivity contribution >= 4 is 29.6 Å². The van der Waals surface area contributed by atoms with Crippen LogP contribution in [0.2, 0.25) is 0 Å². The third-order valence-electron chi connectivity index (χ3n) is 6.44. The van der Waals surface area contributed by atoms with Gasteiger partial charge >= 0.3 is 0 Å². The molecule has 0 atom stereocenters. The number of anilines is 1. The molecule has 1 aromatic carbocycles. The summed E-state index contributed by atoms with van der Waals surface area (Å²) in [5.74, 6) is 2.73. The first-order chi connectivity index (χ1) is 19.7. The number of rotatable bonds is 12. The molecule has 1 N–H and O–H groups in total. The molecule has 5 rings (SSSR count). The molecule has 1 amide bonds. The van der Waals surface area contributed by atoms with Crippen LogP contribution in [0.1, 0.15) is 33.3 Å². The monoisotopic (exact) mass is 559 g/mol. The summed E-state index contributed by atoms with van der Waals surface area (Å²) < 4.78 is 16.4. The van der Waals surface area contributed by atoms with Gasteiger partial charge in [0.1, 0.15) is 17.3 Å². The van der Waals surface area contributed by atoms with Gasteiger partial charge in [-0.05, 0) is 29.8 Å². The van der Waals surface area contributed by atoms with Crippen LogP contribution in [0.25, 0.3) is 6.08 Å². The molecular weight excluding hydrogens is 526 g/mol. The predicted molar refractivity (Wildman–Crippen MR) is 155 cm³/mol. The summed E-state index contributed by atoms with van der Waals surface area (Å²) in [6, 6.07) is 19.4. The largest absolute Gasteiger partial charge is 0.467 e. The van der Waals surface area contributed by atoms with Crippen molar-refractivity contribution in [3.63, 3.8) is 0 Å². The van der Waals surface area contributed by atoms with Gasteiger partial charge in [0.05, 0.1) is 30.9 Å². The predicted octanol–water partition coefficient (Wildman–Crippen LogP) is 4.87. The van der Waals surface area contributed by atoms with Crippen LogP contribution < -0.4 is 10.2 Å². The van der Waals surface area contributed by atoms with Crippen LogP contribution in [-0.4, -0.2) is 60.6 Å². The maximum atomic E-state index is 12.4. The van der Waals surface area contributed by atoms with E-state index in [0.717, 1.165) is 44.2 Å². The van der Waals surface area contributed by atoms with E-state index in [2.05, 4.69) is 56.5 Å². The first-order valence-corrected chi connectivity index (χ1v) is 14.2. The molecule has 9 nitrogen and oxygen atoms in total. The lowest BCUT2D eigenvalue weighted by molar-refractivity contribution is 0.0919. The van der Waals surface area contributed by atoms with Crippen LogP contribution in [0.15, 0.2) is 87.0 Å². The van der Waals surface area contributed by atoms with Gasteiger partial charge in [-0.15, -0.1) is 0 Å². The standard InChI is InChI=1S/C30H33N5O4S/c1-37-21-24-19-28(35-16-14-34(15-17-35)13-5-9-23-7-3-2-4-8-23)33-30(32-24)40-22-26-11-12-27(39-26)29(36)31-20-25-10-6-18-38-25/h2-12,18-19H,13-17,20-22H2,1H3,(H,31,36)/b9-5+. The lowest BCUT2D eigenvalue weighted by Gasteiger charge is -2.35. The number of nitrogens with zero attached hydrogens (tertiary/aromatic N) is 4. The molecule has 1 aliphatic heterocycles. The topological polar surface area (TPSA) is 96.9 Å². The molecule has 4 heterocycles. The highest BCUT2D eigenvalue weighted by atomic mass is 32.2. The summed E-state index contributed by atoms with van der Waals surface area (Å²) in [5.41, 5.74) is 2.05. The Labute approximate surface area is 238 Å². The van der Waals surface area contributed by atoms with Crippen LogP contribution in [0.5, 0.6) is 0 Å². The molecule has 0 radical (unpaired) electrons. The maximum Gasteiger partial charge on any atom is 0.287 e. The molecule has 1 aliphatic rings. The number of hydrogen-bond donors (Lipinski definition) is 1. The fourth-order valence-corrected chi connectivity index (χ4v) is 5.12. The summed E-state index contributed by atoms with van der Waals surface area (Å²) in [6.07, 6.45) is 5.97. The smallest absolute Gasteiger partial charge is 0.287 e. The van der Waals surface area contributed by atoms with E-state index in [4.69, 9.17) is 18.6 Å². The lowest BCUT2D eigenvalue weighted by Crippen LogP contribution is -2.46. The van der Waals surface area contributed by atoms with E-state index in [0.29, 0.717) is 35.6 Å². The second-order valence-electron chi connectivity index (χ2n) is 9.35. The minimum absolute atomic E-state index is 0.258. The molecule has 0 aliphatic carbocycles. The zero-order chi connectivity index (χ0) is 27.6. The summed E-state index contributed by atoms with van der Waals surface area (Å²) in [4.78, 5) is 26.7. The van der Waals surface area contributed by atoms with Crippen molar-refractivity contribution in [3.8, 4) is 0 Å². The van der Waals surface area contributed by atoms with Gasteiger partial charge in [0.25, 0.3) is 5.91 Å². The summed E-state index contributed by atoms with van der Waals surface area (Å²) >= 11 is 1.47. The van der Waals surface area contributed by atoms with Gasteiger partial charge in [0, 0.05) is 45.9 Å². The fraction of sp³-hybridized carbons (Fsp3) is 0.300. The number of hydrogen-bond acceptors (Lipinski definition) is 9. The molecule has 1 saturated heterocycles. The average molecular weight is 560 g/mol. The number of benzene rings is 1. The number of nitrogens with one attached hydrogen (secondary N) is 1. The van der Waals surface area contributed by atoms with Crippen LogP contribution in [0.4, 0.5) is 5.82 Å². The van der Waals surface area contributed by atoms with E-state index < -0.39 is 0 Å². The SMILES string of the molecule is COCc1cc(N2CCN(C/C=C/c3ccccc3)CC2)nc(SCc2ccc(C(=O)NCc3ccco3)o2)n1. The zero-order valence-electron chi connectivity index (χ0n) is 22.5. The number of amides is 1. The maximum absolute atomic E-state index is 12.4. The molecule has 0 spiro atoms. The van der Waals surface area contributed by atoms with E-state index >= 15 is 0 Å². The van der Waals surface area contributed by atoms with Gasteiger partial charge in [0.2, 0.25) is 0 Å². The van der Waals surface area contributed by atoms with Gasteiger partial charge in [-0.2, -0.15) is 0 Å². The summed E-state index contributed by atoms with van der Waals surface area (Å²) in [6.45, 7) is 5.34. The highest BCUT2D eigenvalue weighted by Gasteiger charge is 2.19. The van der Waals surface area contributed by atoms with Gasteiger partial charge < -0.3 is 23.8 Å². The Hall–Kier alpha value is -3.86. The molecule has 10 heteroatoms. The number of ether oxygens (including phenoxy) is 1. The van der Waals surface area contributed by atoms with Gasteiger partial charge in [-0.1, -0.05) is 54.2 Å². The third kappa shape index (κ3) is 7.84. The molecule has 4 aromatic rings. The Morgan fingerprint density at radius 3 is 2.67 bits per heavy atom. The van der Waals surface area contributed by atoms with Crippen molar-refractivity contribution in [1.29, 1.82) is 0 Å². The Morgan fingerprint density at radius 1 is 1.05 bits per heavy atom. The molecule has 1 fully saturated rings. The molecule has 40 heavy (non-hydrogen) atoms. The number of piperazine rings is 1.